The number of nitrogens with one attached hydrogen (secondary N) is 1. The zero-order chi connectivity index (χ0) is 17.1. The van der Waals surface area contributed by atoms with Crippen LogP contribution in [-0.4, -0.2) is 40.0 Å². The van der Waals surface area contributed by atoms with Crippen molar-refractivity contribution in [2.24, 2.45) is 13.0 Å². The van der Waals surface area contributed by atoms with Gasteiger partial charge in [0.15, 0.2) is 5.82 Å². The molecule has 1 aromatic carbocycles. The van der Waals surface area contributed by atoms with Gasteiger partial charge in [-0.05, 0) is 38.3 Å². The van der Waals surface area contributed by atoms with Gasteiger partial charge in [0.2, 0.25) is 0 Å². The molecule has 2 heterocycles. The lowest BCUT2D eigenvalue weighted by Gasteiger charge is -2.17. The second kappa shape index (κ2) is 7.18. The van der Waals surface area contributed by atoms with E-state index in [1.807, 2.05) is 7.05 Å². The standard InChI is InChI=1S/C19H26N4O/c1-14-8-15(2)10-17(9-14)13-23-6-4-16(12-23)11-21-19(24)18-20-5-7-22(18)3/h5,7-10,16H,4,6,11-13H2,1-3H3,(H,21,24)/t16-/m1/s1. The molecule has 3 rings (SSSR count). The molecule has 0 spiro atoms. The molecule has 24 heavy (non-hydrogen) atoms. The zero-order valence-electron chi connectivity index (χ0n) is 14.7. The highest BCUT2D eigenvalue weighted by Gasteiger charge is 2.23. The lowest BCUT2D eigenvalue weighted by Crippen LogP contribution is -2.32. The van der Waals surface area contributed by atoms with Gasteiger partial charge in [0.05, 0.1) is 0 Å². The Bertz CT molecular complexity index is 702. The highest BCUT2D eigenvalue weighted by molar-refractivity contribution is 5.90. The van der Waals surface area contributed by atoms with Gasteiger partial charge in [0, 0.05) is 39.1 Å². The van der Waals surface area contributed by atoms with Crippen LogP contribution in [0.3, 0.4) is 0 Å². The van der Waals surface area contributed by atoms with E-state index in [1.54, 1.807) is 17.0 Å². The number of hydrogen-bond donors (Lipinski definition) is 1. The zero-order valence-corrected chi connectivity index (χ0v) is 14.7. The van der Waals surface area contributed by atoms with Crippen LogP contribution >= 0.6 is 0 Å². The van der Waals surface area contributed by atoms with E-state index >= 15 is 0 Å². The average Bonchev–Trinajstić information content (AvgIpc) is 3.13. The second-order valence-corrected chi connectivity index (χ2v) is 6.96. The Balaban J connectivity index is 1.49. The number of rotatable bonds is 5. The van der Waals surface area contributed by atoms with Crippen LogP contribution in [0.2, 0.25) is 0 Å². The molecule has 2 aromatic rings. The molecule has 0 unspecified atom stereocenters. The van der Waals surface area contributed by atoms with Crippen LogP contribution in [0.25, 0.3) is 0 Å². The van der Waals surface area contributed by atoms with Gasteiger partial charge < -0.3 is 9.88 Å². The van der Waals surface area contributed by atoms with Gasteiger partial charge in [0.25, 0.3) is 5.91 Å². The molecule has 1 aliphatic heterocycles. The first-order chi connectivity index (χ1) is 11.5. The van der Waals surface area contributed by atoms with Crippen LogP contribution in [-0.2, 0) is 13.6 Å². The number of aromatic nitrogens is 2. The maximum Gasteiger partial charge on any atom is 0.287 e. The summed E-state index contributed by atoms with van der Waals surface area (Å²) in [6.07, 6.45) is 4.57. The molecule has 1 atom stereocenters. The molecule has 0 radical (unpaired) electrons. The Morgan fingerprint density at radius 1 is 1.29 bits per heavy atom. The van der Waals surface area contributed by atoms with Gasteiger partial charge >= 0.3 is 0 Å². The first-order valence-corrected chi connectivity index (χ1v) is 8.56. The molecular weight excluding hydrogens is 300 g/mol. The Morgan fingerprint density at radius 3 is 2.71 bits per heavy atom. The van der Waals surface area contributed by atoms with Gasteiger partial charge in [0.1, 0.15) is 0 Å². The molecule has 1 fully saturated rings. The number of carbonyl (C=O) groups is 1. The summed E-state index contributed by atoms with van der Waals surface area (Å²) < 4.78 is 1.75. The largest absolute Gasteiger partial charge is 0.349 e. The fraction of sp³-hybridized carbons (Fsp3) is 0.474. The van der Waals surface area contributed by atoms with E-state index in [0.29, 0.717) is 11.7 Å². The van der Waals surface area contributed by atoms with Crippen LogP contribution in [0.1, 0.15) is 33.7 Å². The highest BCUT2D eigenvalue weighted by atomic mass is 16.2. The quantitative estimate of drug-likeness (QED) is 0.917. The molecule has 1 amide bonds. The fourth-order valence-electron chi connectivity index (χ4n) is 3.54. The van der Waals surface area contributed by atoms with Crippen molar-refractivity contribution < 1.29 is 4.79 Å². The smallest absolute Gasteiger partial charge is 0.287 e. The van der Waals surface area contributed by atoms with E-state index in [2.05, 4.69) is 47.2 Å². The molecule has 0 saturated carbocycles. The van der Waals surface area contributed by atoms with Crippen LogP contribution in [0.4, 0.5) is 0 Å². The van der Waals surface area contributed by atoms with E-state index in [1.165, 1.54) is 16.7 Å². The number of likely N-dealkylation sites (tertiary alicyclic amines) is 1. The number of benzene rings is 1. The number of carbonyl (C=O) groups excluding carboxylic acids is 1. The van der Waals surface area contributed by atoms with E-state index in [0.717, 1.165) is 32.6 Å². The van der Waals surface area contributed by atoms with Crippen molar-refractivity contribution in [2.45, 2.75) is 26.8 Å². The summed E-state index contributed by atoms with van der Waals surface area (Å²) >= 11 is 0. The molecule has 1 aliphatic rings. The summed E-state index contributed by atoms with van der Waals surface area (Å²) in [6.45, 7) is 8.14. The maximum atomic E-state index is 12.1. The van der Waals surface area contributed by atoms with Crippen molar-refractivity contribution in [3.05, 3.63) is 53.1 Å². The molecule has 1 aromatic heterocycles. The Morgan fingerprint density at radius 2 is 2.04 bits per heavy atom. The first-order valence-electron chi connectivity index (χ1n) is 8.56. The predicted molar refractivity (Wildman–Crippen MR) is 94.8 cm³/mol. The molecule has 1 N–H and O–H groups in total. The van der Waals surface area contributed by atoms with Crippen LogP contribution in [0, 0.1) is 19.8 Å². The average molecular weight is 326 g/mol. The van der Waals surface area contributed by atoms with E-state index < -0.39 is 0 Å². The number of nitrogens with zero attached hydrogens (tertiary/aromatic N) is 3. The van der Waals surface area contributed by atoms with E-state index in [-0.39, 0.29) is 5.91 Å². The Kier molecular flexibility index (Phi) is 5.00. The van der Waals surface area contributed by atoms with Gasteiger partial charge in [-0.25, -0.2) is 4.98 Å². The third kappa shape index (κ3) is 4.03. The van der Waals surface area contributed by atoms with Gasteiger partial charge in [-0.1, -0.05) is 29.3 Å². The summed E-state index contributed by atoms with van der Waals surface area (Å²) in [5.74, 6) is 0.899. The van der Waals surface area contributed by atoms with Crippen molar-refractivity contribution in [1.29, 1.82) is 0 Å². The van der Waals surface area contributed by atoms with Crippen molar-refractivity contribution in [2.75, 3.05) is 19.6 Å². The predicted octanol–water partition coefficient (Wildman–Crippen LogP) is 2.29. The van der Waals surface area contributed by atoms with Crippen molar-refractivity contribution in [3.8, 4) is 0 Å². The first kappa shape index (κ1) is 16.7. The highest BCUT2D eigenvalue weighted by Crippen LogP contribution is 2.19. The number of aryl methyl sites for hydroxylation is 3. The second-order valence-electron chi connectivity index (χ2n) is 6.96. The number of imidazole rings is 1. The molecule has 128 valence electrons. The summed E-state index contributed by atoms with van der Waals surface area (Å²) in [7, 11) is 1.84. The molecule has 0 bridgehead atoms. The fourth-order valence-corrected chi connectivity index (χ4v) is 3.54. The number of hydrogen-bond acceptors (Lipinski definition) is 3. The van der Waals surface area contributed by atoms with Crippen LogP contribution in [0.5, 0.6) is 0 Å². The molecule has 5 heteroatoms. The Labute approximate surface area is 143 Å². The summed E-state index contributed by atoms with van der Waals surface area (Å²) in [5, 5.41) is 3.02. The van der Waals surface area contributed by atoms with Gasteiger partial charge in [-0.15, -0.1) is 0 Å². The summed E-state index contributed by atoms with van der Waals surface area (Å²) in [5.41, 5.74) is 4.02. The van der Waals surface area contributed by atoms with Gasteiger partial charge in [-0.2, -0.15) is 0 Å². The van der Waals surface area contributed by atoms with Crippen LogP contribution in [0.15, 0.2) is 30.6 Å². The normalized spacial score (nSPS) is 18.0. The lowest BCUT2D eigenvalue weighted by atomic mass is 10.1. The molecular formula is C19H26N4O. The monoisotopic (exact) mass is 326 g/mol. The van der Waals surface area contributed by atoms with Gasteiger partial charge in [-0.3, -0.25) is 9.69 Å². The SMILES string of the molecule is Cc1cc(C)cc(CN2CC[C@H](CNC(=O)c3nccn3C)C2)c1. The minimum absolute atomic E-state index is 0.0877. The number of amides is 1. The summed E-state index contributed by atoms with van der Waals surface area (Å²) in [4.78, 5) is 18.7. The third-order valence-electron chi connectivity index (χ3n) is 4.63. The molecule has 1 saturated heterocycles. The minimum Gasteiger partial charge on any atom is -0.349 e. The van der Waals surface area contributed by atoms with E-state index in [4.69, 9.17) is 0 Å². The maximum absolute atomic E-state index is 12.1. The van der Waals surface area contributed by atoms with E-state index in [9.17, 15) is 4.79 Å². The van der Waals surface area contributed by atoms with Crippen LogP contribution < -0.4 is 5.32 Å². The third-order valence-corrected chi connectivity index (χ3v) is 4.63. The van der Waals surface area contributed by atoms with Crippen molar-refractivity contribution >= 4 is 5.91 Å². The lowest BCUT2D eigenvalue weighted by molar-refractivity contribution is 0.0934. The van der Waals surface area contributed by atoms with Crippen molar-refractivity contribution in [3.63, 3.8) is 0 Å². The molecule has 5 nitrogen and oxygen atoms in total. The molecule has 0 aliphatic carbocycles. The minimum atomic E-state index is -0.0877. The summed E-state index contributed by atoms with van der Waals surface area (Å²) in [6, 6.07) is 6.75. The van der Waals surface area contributed by atoms with Crippen molar-refractivity contribution in [1.82, 2.24) is 19.8 Å². The topological polar surface area (TPSA) is 50.2 Å². The Hall–Kier alpha value is -2.14.